The van der Waals surface area contributed by atoms with Gasteiger partial charge in [-0.05, 0) is 30.8 Å². The number of fused-ring (bicyclic) bond motifs is 1. The van der Waals surface area contributed by atoms with Gasteiger partial charge >= 0.3 is 5.97 Å². The number of anilines is 1. The van der Waals surface area contributed by atoms with E-state index in [0.717, 1.165) is 11.8 Å². The Balaban J connectivity index is 2.54. The number of thioether (sulfide) groups is 1. The van der Waals surface area contributed by atoms with Gasteiger partial charge in [0.2, 0.25) is 0 Å². The Morgan fingerprint density at radius 3 is 2.76 bits per heavy atom. The molecule has 1 aromatic rings. The Kier molecular flexibility index (Phi) is 4.64. The average Bonchev–Trinajstić information content (AvgIpc) is 2.53. The first kappa shape index (κ1) is 15.1. The number of para-hydroxylation sites is 2. The maximum Gasteiger partial charge on any atom is 0.344 e. The van der Waals surface area contributed by atoms with E-state index in [1.807, 2.05) is 12.1 Å². The predicted molar refractivity (Wildman–Crippen MR) is 83.3 cm³/mol. The van der Waals surface area contributed by atoms with Crippen molar-refractivity contribution in [1.29, 1.82) is 0 Å². The highest BCUT2D eigenvalue weighted by Gasteiger charge is 2.25. The monoisotopic (exact) mass is 305 g/mol. The highest BCUT2D eigenvalue weighted by molar-refractivity contribution is 8.17. The lowest BCUT2D eigenvalue weighted by molar-refractivity contribution is -0.137. The molecule has 0 aliphatic carbocycles. The molecule has 0 saturated heterocycles. The normalized spacial score (nSPS) is 13.7. The van der Waals surface area contributed by atoms with Gasteiger partial charge in [0.05, 0.1) is 23.0 Å². The maximum atomic E-state index is 12.1. The summed E-state index contributed by atoms with van der Waals surface area (Å²) in [4.78, 5) is 27.8. The first-order valence-electron chi connectivity index (χ1n) is 6.33. The second kappa shape index (κ2) is 6.45. The zero-order valence-corrected chi connectivity index (χ0v) is 12.5. The molecule has 1 aromatic carbocycles. The van der Waals surface area contributed by atoms with Crippen molar-refractivity contribution in [3.05, 3.63) is 34.9 Å². The fourth-order valence-corrected chi connectivity index (χ4v) is 2.52. The van der Waals surface area contributed by atoms with Crippen LogP contribution in [-0.2, 0) is 14.3 Å². The van der Waals surface area contributed by atoms with Gasteiger partial charge in [0.25, 0.3) is 0 Å². The van der Waals surface area contributed by atoms with Crippen LogP contribution in [0.5, 0.6) is 0 Å². The van der Waals surface area contributed by atoms with Crippen LogP contribution < -0.4 is 11.1 Å². The van der Waals surface area contributed by atoms with Crippen molar-refractivity contribution < 1.29 is 14.3 Å². The number of carbonyl (C=O) groups excluding carboxylic acids is 2. The summed E-state index contributed by atoms with van der Waals surface area (Å²) in [6.45, 7) is 3.31. The Hall–Kier alpha value is -2.28. The summed E-state index contributed by atoms with van der Waals surface area (Å²) in [6.07, 6.45) is 0. The third-order valence-electron chi connectivity index (χ3n) is 2.60. The van der Waals surface area contributed by atoms with E-state index in [9.17, 15) is 9.59 Å². The molecule has 0 atom stereocenters. The summed E-state index contributed by atoms with van der Waals surface area (Å²) in [5.41, 5.74) is 7.26. The smallest absolute Gasteiger partial charge is 0.344 e. The maximum absolute atomic E-state index is 12.1. The van der Waals surface area contributed by atoms with Crippen molar-refractivity contribution >= 4 is 40.1 Å². The van der Waals surface area contributed by atoms with Crippen LogP contribution in [0.15, 0.2) is 39.9 Å². The molecule has 110 valence electrons. The fourth-order valence-electron chi connectivity index (χ4n) is 1.78. The first-order chi connectivity index (χ1) is 10.0. The van der Waals surface area contributed by atoms with E-state index >= 15 is 0 Å². The number of ether oxygens (including phenoxy) is 1. The summed E-state index contributed by atoms with van der Waals surface area (Å²) < 4.78 is 5.00. The number of amidine groups is 1. The number of benzene rings is 1. The summed E-state index contributed by atoms with van der Waals surface area (Å²) in [5.74, 6) is -0.586. The highest BCUT2D eigenvalue weighted by Crippen LogP contribution is 2.33. The molecule has 1 aliphatic heterocycles. The Morgan fingerprint density at radius 2 is 2.10 bits per heavy atom. The van der Waals surface area contributed by atoms with Gasteiger partial charge in [-0.1, -0.05) is 12.1 Å². The number of nitrogens with zero attached hydrogens (tertiary/aromatic N) is 1. The van der Waals surface area contributed by atoms with Crippen molar-refractivity contribution in [2.75, 3.05) is 11.9 Å². The second-order valence-electron chi connectivity index (χ2n) is 4.16. The van der Waals surface area contributed by atoms with Crippen LogP contribution in [0, 0.1) is 0 Å². The third-order valence-corrected chi connectivity index (χ3v) is 3.40. The fraction of sp³-hybridized carbons (Fsp3) is 0.214. The first-order valence-corrected chi connectivity index (χ1v) is 7.15. The number of nitrogens with one attached hydrogen (secondary N) is 1. The molecular formula is C14H15N3O3S. The molecule has 0 aromatic heterocycles. The minimum absolute atomic E-state index is 0.0228. The molecule has 1 aliphatic rings. The lowest BCUT2D eigenvalue weighted by Crippen LogP contribution is -2.25. The number of carbonyl (C=O) groups is 2. The molecule has 0 fully saturated rings. The van der Waals surface area contributed by atoms with Gasteiger partial charge in [0.1, 0.15) is 11.4 Å². The average molecular weight is 305 g/mol. The van der Waals surface area contributed by atoms with Crippen LogP contribution in [0.2, 0.25) is 0 Å². The Labute approximate surface area is 126 Å². The van der Waals surface area contributed by atoms with E-state index in [0.29, 0.717) is 16.4 Å². The quantitative estimate of drug-likeness (QED) is 0.831. The van der Waals surface area contributed by atoms with Gasteiger partial charge in [0.15, 0.2) is 5.12 Å². The summed E-state index contributed by atoms with van der Waals surface area (Å²) >= 11 is 0.886. The molecule has 0 spiro atoms. The van der Waals surface area contributed by atoms with E-state index in [-0.39, 0.29) is 23.1 Å². The molecule has 0 bridgehead atoms. The molecule has 6 nitrogen and oxygen atoms in total. The zero-order valence-electron chi connectivity index (χ0n) is 11.7. The number of rotatable bonds is 3. The van der Waals surface area contributed by atoms with Crippen LogP contribution in [0.4, 0.5) is 11.4 Å². The van der Waals surface area contributed by atoms with Crippen LogP contribution in [0.25, 0.3) is 0 Å². The van der Waals surface area contributed by atoms with Crippen LogP contribution >= 0.6 is 11.8 Å². The Morgan fingerprint density at radius 1 is 1.38 bits per heavy atom. The molecule has 0 radical (unpaired) electrons. The topological polar surface area (TPSA) is 93.8 Å². The summed E-state index contributed by atoms with van der Waals surface area (Å²) in [5, 5.41) is 3.19. The largest absolute Gasteiger partial charge is 0.462 e. The molecular weight excluding hydrogens is 290 g/mol. The van der Waals surface area contributed by atoms with E-state index in [1.54, 1.807) is 19.1 Å². The van der Waals surface area contributed by atoms with Gasteiger partial charge in [-0.15, -0.1) is 0 Å². The van der Waals surface area contributed by atoms with E-state index in [2.05, 4.69) is 10.3 Å². The Bertz CT molecular complexity index is 653. The molecule has 3 N–H and O–H groups in total. The van der Waals surface area contributed by atoms with Crippen molar-refractivity contribution in [2.45, 2.75) is 13.8 Å². The third kappa shape index (κ3) is 3.43. The van der Waals surface area contributed by atoms with Gasteiger partial charge in [-0.3, -0.25) is 4.79 Å². The zero-order chi connectivity index (χ0) is 15.4. The van der Waals surface area contributed by atoms with E-state index < -0.39 is 5.97 Å². The SMILES string of the molecule is CCOC(=O)C1=C(SC(C)=O)Nc2ccccc2N=C1N. The lowest BCUT2D eigenvalue weighted by atomic mass is 10.2. The van der Waals surface area contributed by atoms with Crippen molar-refractivity contribution in [3.63, 3.8) is 0 Å². The summed E-state index contributed by atoms with van der Waals surface area (Å²) in [6, 6.07) is 7.19. The molecule has 0 saturated carbocycles. The van der Waals surface area contributed by atoms with Gasteiger partial charge in [0, 0.05) is 6.92 Å². The van der Waals surface area contributed by atoms with Crippen molar-refractivity contribution in [3.8, 4) is 0 Å². The summed E-state index contributed by atoms with van der Waals surface area (Å²) in [7, 11) is 0. The predicted octanol–water partition coefficient (Wildman–Crippen LogP) is 2.16. The van der Waals surface area contributed by atoms with Crippen LogP contribution in [0.1, 0.15) is 13.8 Å². The minimum Gasteiger partial charge on any atom is -0.462 e. The molecule has 7 heteroatoms. The minimum atomic E-state index is -0.609. The van der Waals surface area contributed by atoms with Crippen LogP contribution in [0.3, 0.4) is 0 Å². The van der Waals surface area contributed by atoms with E-state index in [4.69, 9.17) is 10.5 Å². The number of nitrogens with two attached hydrogens (primary N) is 1. The molecule has 0 unspecified atom stereocenters. The number of hydrogen-bond acceptors (Lipinski definition) is 7. The molecule has 2 rings (SSSR count). The van der Waals surface area contributed by atoms with Crippen LogP contribution in [-0.4, -0.2) is 23.5 Å². The number of hydrogen-bond donors (Lipinski definition) is 2. The molecule has 0 amide bonds. The van der Waals surface area contributed by atoms with Crippen molar-refractivity contribution in [1.82, 2.24) is 0 Å². The second-order valence-corrected chi connectivity index (χ2v) is 5.34. The van der Waals surface area contributed by atoms with Gasteiger partial charge in [-0.2, -0.15) is 0 Å². The van der Waals surface area contributed by atoms with E-state index in [1.165, 1.54) is 6.92 Å². The standard InChI is InChI=1S/C14H15N3O3S/c1-3-20-14(19)11-12(15)16-9-6-4-5-7-10(9)17-13(11)21-8(2)18/h4-7,17H,3H2,1-2H3,(H2,15,16). The van der Waals surface area contributed by atoms with Crippen molar-refractivity contribution in [2.24, 2.45) is 10.7 Å². The highest BCUT2D eigenvalue weighted by atomic mass is 32.2. The van der Waals surface area contributed by atoms with Gasteiger partial charge in [-0.25, -0.2) is 9.79 Å². The number of aliphatic imine (C=N–C) groups is 1. The number of esters is 1. The lowest BCUT2D eigenvalue weighted by Gasteiger charge is -2.12. The van der Waals surface area contributed by atoms with Gasteiger partial charge < -0.3 is 15.8 Å². The molecule has 21 heavy (non-hydrogen) atoms. The molecule has 1 heterocycles.